The molecule has 5 aromatic carbocycles. The summed E-state index contributed by atoms with van der Waals surface area (Å²) in [7, 11) is 0. The van der Waals surface area contributed by atoms with Crippen molar-refractivity contribution in [3.63, 3.8) is 0 Å². The summed E-state index contributed by atoms with van der Waals surface area (Å²) in [6, 6.07) is 26.8. The van der Waals surface area contributed by atoms with Crippen LogP contribution in [0.2, 0.25) is 0 Å². The highest BCUT2D eigenvalue weighted by Gasteiger charge is 2.14. The first kappa shape index (κ1) is 12.3. The Bertz CT molecular complexity index is 1340. The van der Waals surface area contributed by atoms with Crippen LogP contribution in [0.5, 0.6) is 0 Å². The molecule has 0 fully saturated rings. The molecule has 0 unspecified atom stereocenters. The monoisotopic (exact) mass is 302 g/mol. The molecule has 1 aliphatic carbocycles. The van der Waals surface area contributed by atoms with Gasteiger partial charge in [0.1, 0.15) is 0 Å². The molecule has 0 bridgehead atoms. The minimum Gasteiger partial charge on any atom is -0.0616 e. The van der Waals surface area contributed by atoms with E-state index in [-0.39, 0.29) is 0 Å². The molecular weight excluding hydrogens is 288 g/mol. The topological polar surface area (TPSA) is 0 Å². The second kappa shape index (κ2) is 4.24. The van der Waals surface area contributed by atoms with Gasteiger partial charge in [0.05, 0.1) is 0 Å². The molecule has 0 aliphatic heterocycles. The van der Waals surface area contributed by atoms with E-state index in [2.05, 4.69) is 84.9 Å². The van der Waals surface area contributed by atoms with Gasteiger partial charge in [0.2, 0.25) is 0 Å². The Morgan fingerprint density at radius 3 is 2.12 bits per heavy atom. The Kier molecular flexibility index (Phi) is 2.18. The maximum atomic E-state index is 2.35. The van der Waals surface area contributed by atoms with Crippen LogP contribution in [0, 0.1) is 0 Å². The zero-order valence-electron chi connectivity index (χ0n) is 13.1. The van der Waals surface area contributed by atoms with Crippen molar-refractivity contribution in [2.75, 3.05) is 0 Å². The van der Waals surface area contributed by atoms with E-state index in [9.17, 15) is 0 Å². The van der Waals surface area contributed by atoms with Gasteiger partial charge >= 0.3 is 0 Å². The SMILES string of the molecule is C1=Cc2cc3ccc4cc5ccccc5cc4c3c3cccc1c23. The summed E-state index contributed by atoms with van der Waals surface area (Å²) in [4.78, 5) is 0. The highest BCUT2D eigenvalue weighted by atomic mass is 14.2. The minimum absolute atomic E-state index is 1.30. The van der Waals surface area contributed by atoms with Gasteiger partial charge in [-0.05, 0) is 72.4 Å². The molecule has 0 radical (unpaired) electrons. The van der Waals surface area contributed by atoms with Crippen molar-refractivity contribution in [2.45, 2.75) is 0 Å². The van der Waals surface area contributed by atoms with Gasteiger partial charge < -0.3 is 0 Å². The standard InChI is InChI=1S/C24H14/c1-2-5-17-14-22-18(12-16(17)4-1)9-11-20-13-19-10-8-15-6-3-7-21(23(15)19)24(20)22/h1-14H. The Hall–Kier alpha value is -3.12. The molecule has 6 rings (SSSR count). The number of hydrogen-bond donors (Lipinski definition) is 0. The first-order valence-corrected chi connectivity index (χ1v) is 8.37. The van der Waals surface area contributed by atoms with Gasteiger partial charge in [0.15, 0.2) is 0 Å². The Morgan fingerprint density at radius 2 is 1.21 bits per heavy atom. The van der Waals surface area contributed by atoms with Crippen molar-refractivity contribution in [3.8, 4) is 0 Å². The lowest BCUT2D eigenvalue weighted by atomic mass is 9.92. The summed E-state index contributed by atoms with van der Waals surface area (Å²) in [5.74, 6) is 0. The minimum atomic E-state index is 1.30. The maximum absolute atomic E-state index is 2.35. The molecule has 0 amide bonds. The largest absolute Gasteiger partial charge is 0.0616 e. The predicted octanol–water partition coefficient (Wildman–Crippen LogP) is 6.78. The van der Waals surface area contributed by atoms with E-state index in [1.54, 1.807) is 0 Å². The second-order valence-corrected chi connectivity index (χ2v) is 6.65. The summed E-state index contributed by atoms with van der Waals surface area (Å²) in [6.45, 7) is 0. The summed E-state index contributed by atoms with van der Waals surface area (Å²) in [6.07, 6.45) is 4.47. The zero-order chi connectivity index (χ0) is 15.7. The Labute approximate surface area is 139 Å². The van der Waals surface area contributed by atoms with Gasteiger partial charge in [-0.2, -0.15) is 0 Å². The van der Waals surface area contributed by atoms with Crippen molar-refractivity contribution in [3.05, 3.63) is 83.9 Å². The molecule has 0 N–H and O–H groups in total. The summed E-state index contributed by atoms with van der Waals surface area (Å²) < 4.78 is 0. The van der Waals surface area contributed by atoms with Gasteiger partial charge in [-0.3, -0.25) is 0 Å². The van der Waals surface area contributed by atoms with E-state index in [1.165, 1.54) is 54.2 Å². The summed E-state index contributed by atoms with van der Waals surface area (Å²) in [5.41, 5.74) is 2.68. The predicted molar refractivity (Wildman–Crippen MR) is 105 cm³/mol. The third kappa shape index (κ3) is 1.48. The fraction of sp³-hybridized carbons (Fsp3) is 0. The molecule has 24 heavy (non-hydrogen) atoms. The fourth-order valence-electron chi connectivity index (χ4n) is 4.24. The normalized spacial score (nSPS) is 12.8. The highest BCUT2D eigenvalue weighted by Crippen LogP contribution is 2.40. The van der Waals surface area contributed by atoms with Crippen molar-refractivity contribution in [1.82, 2.24) is 0 Å². The van der Waals surface area contributed by atoms with Crippen LogP contribution in [0.4, 0.5) is 0 Å². The van der Waals surface area contributed by atoms with Gasteiger partial charge in [-0.1, -0.05) is 66.7 Å². The first-order valence-electron chi connectivity index (χ1n) is 8.37. The maximum Gasteiger partial charge on any atom is -0.00259 e. The van der Waals surface area contributed by atoms with Crippen LogP contribution in [0.1, 0.15) is 11.1 Å². The number of hydrogen-bond acceptors (Lipinski definition) is 0. The van der Waals surface area contributed by atoms with Crippen LogP contribution in [-0.2, 0) is 0 Å². The second-order valence-electron chi connectivity index (χ2n) is 6.65. The average molecular weight is 302 g/mol. The molecule has 0 heterocycles. The molecule has 110 valence electrons. The molecule has 0 nitrogen and oxygen atoms in total. The van der Waals surface area contributed by atoms with E-state index in [0.717, 1.165) is 0 Å². The highest BCUT2D eigenvalue weighted by molar-refractivity contribution is 6.25. The van der Waals surface area contributed by atoms with Crippen molar-refractivity contribution >= 4 is 55.2 Å². The van der Waals surface area contributed by atoms with Crippen molar-refractivity contribution in [2.24, 2.45) is 0 Å². The fourth-order valence-corrected chi connectivity index (χ4v) is 4.24. The quantitative estimate of drug-likeness (QED) is 0.214. The zero-order valence-corrected chi connectivity index (χ0v) is 13.1. The summed E-state index contributed by atoms with van der Waals surface area (Å²) in [5, 5.41) is 10.7. The van der Waals surface area contributed by atoms with E-state index in [0.29, 0.717) is 0 Å². The van der Waals surface area contributed by atoms with E-state index < -0.39 is 0 Å². The van der Waals surface area contributed by atoms with Crippen LogP contribution in [0.25, 0.3) is 55.2 Å². The number of rotatable bonds is 0. The number of benzene rings is 5. The average Bonchev–Trinajstić information content (AvgIpc) is 3.04. The van der Waals surface area contributed by atoms with E-state index in [1.807, 2.05) is 0 Å². The smallest absolute Gasteiger partial charge is 0.00259 e. The lowest BCUT2D eigenvalue weighted by molar-refractivity contribution is 1.75. The van der Waals surface area contributed by atoms with Crippen molar-refractivity contribution < 1.29 is 0 Å². The Morgan fingerprint density at radius 1 is 0.417 bits per heavy atom. The van der Waals surface area contributed by atoms with Crippen LogP contribution in [-0.4, -0.2) is 0 Å². The van der Waals surface area contributed by atoms with E-state index in [4.69, 9.17) is 0 Å². The van der Waals surface area contributed by atoms with Gasteiger partial charge in [0, 0.05) is 0 Å². The molecular formula is C24H14. The first-order chi connectivity index (χ1) is 11.9. The van der Waals surface area contributed by atoms with Crippen LogP contribution < -0.4 is 0 Å². The van der Waals surface area contributed by atoms with Crippen LogP contribution in [0.3, 0.4) is 0 Å². The molecule has 0 aromatic heterocycles. The van der Waals surface area contributed by atoms with Gasteiger partial charge in [0.25, 0.3) is 0 Å². The van der Waals surface area contributed by atoms with Crippen LogP contribution in [0.15, 0.2) is 72.8 Å². The molecule has 0 spiro atoms. The molecule has 0 heteroatoms. The molecule has 0 saturated carbocycles. The molecule has 5 aromatic rings. The molecule has 0 atom stereocenters. The lowest BCUT2D eigenvalue weighted by Crippen LogP contribution is -1.85. The third-order valence-electron chi connectivity index (χ3n) is 5.33. The van der Waals surface area contributed by atoms with Crippen molar-refractivity contribution in [1.29, 1.82) is 0 Å². The molecule has 1 aliphatic rings. The number of fused-ring (bicyclic) bond motifs is 5. The van der Waals surface area contributed by atoms with Gasteiger partial charge in [-0.25, -0.2) is 0 Å². The summed E-state index contributed by atoms with van der Waals surface area (Å²) >= 11 is 0. The molecule has 0 saturated heterocycles. The Balaban J connectivity index is 1.93. The third-order valence-corrected chi connectivity index (χ3v) is 5.33. The van der Waals surface area contributed by atoms with E-state index >= 15 is 0 Å². The van der Waals surface area contributed by atoms with Crippen LogP contribution >= 0.6 is 0 Å². The lowest BCUT2D eigenvalue weighted by Gasteiger charge is -2.11. The van der Waals surface area contributed by atoms with Gasteiger partial charge in [-0.15, -0.1) is 0 Å².